The molecule has 1 aromatic rings. The van der Waals surface area contributed by atoms with Crippen LogP contribution in [0.25, 0.3) is 0 Å². The predicted molar refractivity (Wildman–Crippen MR) is 117 cm³/mol. The maximum atomic E-state index is 11.5. The van der Waals surface area contributed by atoms with E-state index in [0.29, 0.717) is 25.0 Å². The molecular formula is C24H36O7. The molecule has 1 aromatic carbocycles. The summed E-state index contributed by atoms with van der Waals surface area (Å²) in [6, 6.07) is 9.20. The van der Waals surface area contributed by atoms with Gasteiger partial charge in [-0.25, -0.2) is 0 Å². The Hall–Kier alpha value is -1.93. The second-order valence-electron chi connectivity index (χ2n) is 8.25. The number of benzene rings is 1. The maximum absolute atomic E-state index is 11.5. The summed E-state index contributed by atoms with van der Waals surface area (Å²) in [6.45, 7) is 3.75. The van der Waals surface area contributed by atoms with Crippen LogP contribution in [0.2, 0.25) is 0 Å². The van der Waals surface area contributed by atoms with Crippen LogP contribution in [0, 0.1) is 5.92 Å². The van der Waals surface area contributed by atoms with Crippen LogP contribution in [0.15, 0.2) is 42.5 Å². The van der Waals surface area contributed by atoms with Crippen LogP contribution < -0.4 is 4.74 Å². The lowest BCUT2D eigenvalue weighted by molar-refractivity contribution is -0.147. The van der Waals surface area contributed by atoms with Crippen molar-refractivity contribution < 1.29 is 34.3 Å². The summed E-state index contributed by atoms with van der Waals surface area (Å²) in [5, 5.41) is 30.7. The van der Waals surface area contributed by atoms with Gasteiger partial charge in [-0.2, -0.15) is 0 Å². The highest BCUT2D eigenvalue weighted by molar-refractivity contribution is 5.69. The molecule has 0 saturated heterocycles. The smallest absolute Gasteiger partial charge is 0.306 e. The number of para-hydroxylation sites is 1. The van der Waals surface area contributed by atoms with Gasteiger partial charge < -0.3 is 29.5 Å². The molecule has 0 unspecified atom stereocenters. The van der Waals surface area contributed by atoms with Gasteiger partial charge in [-0.15, -0.1) is 0 Å². The number of unbranched alkanes of at least 4 members (excludes halogenated alkanes) is 1. The number of ether oxygens (including phenoxy) is 3. The lowest BCUT2D eigenvalue weighted by Gasteiger charge is -2.24. The molecule has 2 rings (SSSR count). The standard InChI is InChI=1S/C24H36O7/c1-17(2)31-23(28)13-9-4-3-8-12-20-21(26)14-22(27)24(20)30-16-18(25)15-29-19-10-6-5-7-11-19/h3,5-8,10-11,17-18,20-22,24-27H,4,9,12-16H2,1-2H3/b8-3-/t18-,20-,21-,22+,24+/m0/s1. The molecule has 174 valence electrons. The summed E-state index contributed by atoms with van der Waals surface area (Å²) in [6.07, 6.45) is 3.61. The highest BCUT2D eigenvalue weighted by Crippen LogP contribution is 2.32. The highest BCUT2D eigenvalue weighted by atomic mass is 16.5. The van der Waals surface area contributed by atoms with Crippen molar-refractivity contribution in [1.82, 2.24) is 0 Å². The third kappa shape index (κ3) is 9.39. The number of allylic oxidation sites excluding steroid dienone is 2. The fourth-order valence-corrected chi connectivity index (χ4v) is 3.62. The average molecular weight is 437 g/mol. The van der Waals surface area contributed by atoms with E-state index in [4.69, 9.17) is 14.2 Å². The van der Waals surface area contributed by atoms with Gasteiger partial charge in [0.25, 0.3) is 0 Å². The van der Waals surface area contributed by atoms with E-state index in [9.17, 15) is 20.1 Å². The molecule has 1 fully saturated rings. The molecule has 0 bridgehead atoms. The van der Waals surface area contributed by atoms with Crippen LogP contribution in [-0.2, 0) is 14.3 Å². The van der Waals surface area contributed by atoms with E-state index in [-0.39, 0.29) is 37.6 Å². The van der Waals surface area contributed by atoms with Crippen molar-refractivity contribution in [3.8, 4) is 5.75 Å². The van der Waals surface area contributed by atoms with Crippen LogP contribution >= 0.6 is 0 Å². The fraction of sp³-hybridized carbons (Fsp3) is 0.625. The SMILES string of the molecule is CC(C)OC(=O)CCC/C=C\C[C@@H]1[C@@H](OC[C@@H](O)COc2ccccc2)[C@H](O)C[C@@H]1O. The number of esters is 1. The van der Waals surface area contributed by atoms with Gasteiger partial charge in [0, 0.05) is 18.8 Å². The lowest BCUT2D eigenvalue weighted by atomic mass is 9.98. The molecule has 3 N–H and O–H groups in total. The number of carbonyl (C=O) groups is 1. The van der Waals surface area contributed by atoms with E-state index in [0.717, 1.165) is 6.42 Å². The minimum absolute atomic E-state index is 0.0134. The van der Waals surface area contributed by atoms with Gasteiger partial charge in [0.15, 0.2) is 0 Å². The van der Waals surface area contributed by atoms with Crippen molar-refractivity contribution >= 4 is 5.97 Å². The van der Waals surface area contributed by atoms with Crippen molar-refractivity contribution in [3.05, 3.63) is 42.5 Å². The molecule has 0 heterocycles. The number of hydrogen-bond donors (Lipinski definition) is 3. The molecule has 0 radical (unpaired) electrons. The molecule has 7 heteroatoms. The summed E-state index contributed by atoms with van der Waals surface area (Å²) >= 11 is 0. The van der Waals surface area contributed by atoms with E-state index >= 15 is 0 Å². The first kappa shape index (κ1) is 25.3. The zero-order valence-corrected chi connectivity index (χ0v) is 18.4. The van der Waals surface area contributed by atoms with Gasteiger partial charge >= 0.3 is 5.97 Å². The van der Waals surface area contributed by atoms with Crippen molar-refractivity contribution in [2.24, 2.45) is 5.92 Å². The minimum atomic E-state index is -0.841. The van der Waals surface area contributed by atoms with Gasteiger partial charge in [0.1, 0.15) is 18.5 Å². The van der Waals surface area contributed by atoms with E-state index in [1.54, 1.807) is 12.1 Å². The Balaban J connectivity index is 1.70. The first-order valence-electron chi connectivity index (χ1n) is 11.0. The Bertz CT molecular complexity index is 661. The predicted octanol–water partition coefficient (Wildman–Crippen LogP) is 2.62. The third-order valence-corrected chi connectivity index (χ3v) is 5.14. The molecule has 1 aliphatic rings. The normalized spacial score (nSPS) is 24.6. The van der Waals surface area contributed by atoms with Crippen LogP contribution in [-0.4, -0.2) is 65.0 Å². The molecule has 7 nitrogen and oxygen atoms in total. The van der Waals surface area contributed by atoms with Crippen molar-refractivity contribution in [3.63, 3.8) is 0 Å². The Kier molecular flexibility index (Phi) is 11.0. The number of carbonyl (C=O) groups excluding carboxylic acids is 1. The quantitative estimate of drug-likeness (QED) is 0.248. The summed E-state index contributed by atoms with van der Waals surface area (Å²) in [5.41, 5.74) is 0. The Morgan fingerprint density at radius 3 is 2.58 bits per heavy atom. The molecule has 0 aromatic heterocycles. The van der Waals surface area contributed by atoms with Crippen LogP contribution in [0.1, 0.15) is 46.0 Å². The van der Waals surface area contributed by atoms with E-state index < -0.39 is 24.4 Å². The molecule has 1 aliphatic carbocycles. The van der Waals surface area contributed by atoms with Gasteiger partial charge in [0.05, 0.1) is 31.0 Å². The molecule has 0 spiro atoms. The first-order chi connectivity index (χ1) is 14.9. The number of aliphatic hydroxyl groups excluding tert-OH is 3. The summed E-state index contributed by atoms with van der Waals surface area (Å²) in [5.74, 6) is 0.221. The fourth-order valence-electron chi connectivity index (χ4n) is 3.62. The lowest BCUT2D eigenvalue weighted by Crippen LogP contribution is -2.34. The summed E-state index contributed by atoms with van der Waals surface area (Å²) < 4.78 is 16.4. The molecule has 1 saturated carbocycles. The van der Waals surface area contributed by atoms with Gasteiger partial charge in [0.2, 0.25) is 0 Å². The monoisotopic (exact) mass is 436 g/mol. The van der Waals surface area contributed by atoms with E-state index in [2.05, 4.69) is 0 Å². The zero-order valence-electron chi connectivity index (χ0n) is 18.4. The second-order valence-corrected chi connectivity index (χ2v) is 8.25. The second kappa shape index (κ2) is 13.5. The molecule has 0 aliphatic heterocycles. The Morgan fingerprint density at radius 2 is 1.87 bits per heavy atom. The largest absolute Gasteiger partial charge is 0.491 e. The maximum Gasteiger partial charge on any atom is 0.306 e. The van der Waals surface area contributed by atoms with Crippen LogP contribution in [0.5, 0.6) is 5.75 Å². The van der Waals surface area contributed by atoms with E-state index in [1.165, 1.54) is 0 Å². The third-order valence-electron chi connectivity index (χ3n) is 5.14. The molecule has 0 amide bonds. The number of aliphatic hydroxyl groups is 3. The van der Waals surface area contributed by atoms with Crippen LogP contribution in [0.3, 0.4) is 0 Å². The summed E-state index contributed by atoms with van der Waals surface area (Å²) in [4.78, 5) is 11.5. The first-order valence-corrected chi connectivity index (χ1v) is 11.0. The minimum Gasteiger partial charge on any atom is -0.491 e. The molecular weight excluding hydrogens is 400 g/mol. The van der Waals surface area contributed by atoms with Gasteiger partial charge in [-0.05, 0) is 45.2 Å². The van der Waals surface area contributed by atoms with Crippen LogP contribution in [0.4, 0.5) is 0 Å². The van der Waals surface area contributed by atoms with Crippen molar-refractivity contribution in [2.45, 2.75) is 76.5 Å². The number of hydrogen-bond acceptors (Lipinski definition) is 7. The van der Waals surface area contributed by atoms with Gasteiger partial charge in [-0.3, -0.25) is 4.79 Å². The molecule has 31 heavy (non-hydrogen) atoms. The summed E-state index contributed by atoms with van der Waals surface area (Å²) in [7, 11) is 0. The topological polar surface area (TPSA) is 105 Å². The zero-order chi connectivity index (χ0) is 22.6. The number of rotatable bonds is 13. The molecule has 5 atom stereocenters. The van der Waals surface area contributed by atoms with Crippen molar-refractivity contribution in [1.29, 1.82) is 0 Å². The van der Waals surface area contributed by atoms with Gasteiger partial charge in [-0.1, -0.05) is 30.4 Å². The Labute approximate surface area is 184 Å². The average Bonchev–Trinajstić information content (AvgIpc) is 3.00. The van der Waals surface area contributed by atoms with E-state index in [1.807, 2.05) is 44.2 Å². The highest BCUT2D eigenvalue weighted by Gasteiger charge is 2.42. The Morgan fingerprint density at radius 1 is 1.13 bits per heavy atom. The van der Waals surface area contributed by atoms with Crippen molar-refractivity contribution in [2.75, 3.05) is 13.2 Å².